The first kappa shape index (κ1) is 27.3. The number of carbonyl (C=O) groups excluding carboxylic acids is 1. The molecular weight excluding hydrogens is 485 g/mol. The fraction of sp³-hybridized carbons (Fsp3) is 0.417. The molecule has 2 aromatic rings. The number of rotatable bonds is 13. The number of nitrogens with two attached hydrogens (primary N) is 1. The summed E-state index contributed by atoms with van der Waals surface area (Å²) < 4.78 is 0. The molecule has 0 aliphatic carbocycles. The van der Waals surface area contributed by atoms with Gasteiger partial charge in [0.1, 0.15) is 0 Å². The second-order valence-electron chi connectivity index (χ2n) is 7.96. The summed E-state index contributed by atoms with van der Waals surface area (Å²) in [6.07, 6.45) is 2.23. The lowest BCUT2D eigenvalue weighted by molar-refractivity contribution is -0.137. The number of unbranched alkanes of at least 4 members (excludes halogenated alkanes) is 1. The fourth-order valence-electron chi connectivity index (χ4n) is 3.63. The number of hydrogen-bond donors (Lipinski definition) is 2. The summed E-state index contributed by atoms with van der Waals surface area (Å²) in [6.45, 7) is 4.34. The van der Waals surface area contributed by atoms with Crippen molar-refractivity contribution in [3.05, 3.63) is 68.7 Å². The highest BCUT2D eigenvalue weighted by atomic mass is 35.5. The highest BCUT2D eigenvalue weighted by molar-refractivity contribution is 6.35. The maximum atomic E-state index is 12.0. The van der Waals surface area contributed by atoms with Crippen molar-refractivity contribution in [1.29, 1.82) is 0 Å². The summed E-state index contributed by atoms with van der Waals surface area (Å²) in [6, 6.07) is 12.5. The summed E-state index contributed by atoms with van der Waals surface area (Å²) in [7, 11) is 0. The Morgan fingerprint density at radius 2 is 1.58 bits per heavy atom. The molecular formula is C24H30Cl3N3O3. The van der Waals surface area contributed by atoms with Gasteiger partial charge in [0.15, 0.2) is 0 Å². The summed E-state index contributed by atoms with van der Waals surface area (Å²) in [5.41, 5.74) is 7.51. The van der Waals surface area contributed by atoms with Crippen LogP contribution in [0.1, 0.15) is 49.8 Å². The van der Waals surface area contributed by atoms with Gasteiger partial charge in [-0.15, -0.1) is 0 Å². The molecule has 2 aromatic carbocycles. The maximum absolute atomic E-state index is 12.0. The Morgan fingerprint density at radius 1 is 0.939 bits per heavy atom. The summed E-state index contributed by atoms with van der Waals surface area (Å²) in [4.78, 5) is 26.7. The van der Waals surface area contributed by atoms with Crippen molar-refractivity contribution < 1.29 is 14.7 Å². The SMILES string of the molecule is CC(c1ccc(Cl)cc1)N(CCCCC(=O)O)CCCN(Cc1ccc(Cl)cc1Cl)C(N)=O. The van der Waals surface area contributed by atoms with Crippen molar-refractivity contribution in [2.45, 2.75) is 45.2 Å². The van der Waals surface area contributed by atoms with Gasteiger partial charge in [-0.2, -0.15) is 0 Å². The van der Waals surface area contributed by atoms with Gasteiger partial charge in [0.2, 0.25) is 0 Å². The lowest BCUT2D eigenvalue weighted by atomic mass is 10.1. The molecule has 180 valence electrons. The summed E-state index contributed by atoms with van der Waals surface area (Å²) in [5.74, 6) is -0.787. The van der Waals surface area contributed by atoms with Crippen LogP contribution in [-0.4, -0.2) is 46.5 Å². The lowest BCUT2D eigenvalue weighted by Gasteiger charge is -2.30. The molecule has 9 heteroatoms. The molecule has 6 nitrogen and oxygen atoms in total. The number of urea groups is 1. The van der Waals surface area contributed by atoms with Crippen LogP contribution < -0.4 is 5.73 Å². The molecule has 0 radical (unpaired) electrons. The second-order valence-corrected chi connectivity index (χ2v) is 9.24. The Labute approximate surface area is 210 Å². The van der Waals surface area contributed by atoms with Crippen LogP contribution in [0.5, 0.6) is 0 Å². The van der Waals surface area contributed by atoms with Crippen LogP contribution in [0, 0.1) is 0 Å². The Hall–Kier alpha value is -1.99. The highest BCUT2D eigenvalue weighted by Crippen LogP contribution is 2.24. The van der Waals surface area contributed by atoms with Crippen molar-refractivity contribution in [3.8, 4) is 0 Å². The van der Waals surface area contributed by atoms with Crippen molar-refractivity contribution in [3.63, 3.8) is 0 Å². The first-order chi connectivity index (χ1) is 15.7. The van der Waals surface area contributed by atoms with Gasteiger partial charge in [0, 0.05) is 47.2 Å². The van der Waals surface area contributed by atoms with Crippen LogP contribution in [0.3, 0.4) is 0 Å². The largest absolute Gasteiger partial charge is 0.481 e. The van der Waals surface area contributed by atoms with E-state index in [1.165, 1.54) is 0 Å². The number of halogens is 3. The number of benzene rings is 2. The molecule has 0 heterocycles. The van der Waals surface area contributed by atoms with Gasteiger partial charge in [-0.1, -0.05) is 53.0 Å². The van der Waals surface area contributed by atoms with Gasteiger partial charge in [-0.25, -0.2) is 4.79 Å². The quantitative estimate of drug-likeness (QED) is 0.310. The third-order valence-corrected chi connectivity index (χ3v) is 6.39. The third-order valence-electron chi connectivity index (χ3n) is 5.55. The number of carboxylic acids is 1. The topological polar surface area (TPSA) is 86.9 Å². The second kappa shape index (κ2) is 13.7. The minimum atomic E-state index is -0.787. The zero-order valence-electron chi connectivity index (χ0n) is 18.6. The number of carboxylic acid groups (broad SMARTS) is 1. The van der Waals surface area contributed by atoms with Crippen LogP contribution in [0.15, 0.2) is 42.5 Å². The van der Waals surface area contributed by atoms with E-state index in [-0.39, 0.29) is 12.5 Å². The van der Waals surface area contributed by atoms with Gasteiger partial charge in [-0.3, -0.25) is 9.69 Å². The standard InChI is InChI=1S/C24H30Cl3N3O3/c1-17(18-6-9-20(25)10-7-18)29(12-3-2-5-23(31)32)13-4-14-30(24(28)33)16-19-8-11-21(26)15-22(19)27/h6-11,15,17H,2-5,12-14,16H2,1H3,(H2,28,33)(H,31,32). The molecule has 0 fully saturated rings. The molecule has 0 saturated carbocycles. The average molecular weight is 515 g/mol. The van der Waals surface area contributed by atoms with E-state index in [4.69, 9.17) is 45.6 Å². The smallest absolute Gasteiger partial charge is 0.315 e. The molecule has 0 aliphatic rings. The monoisotopic (exact) mass is 513 g/mol. The first-order valence-corrected chi connectivity index (χ1v) is 12.0. The molecule has 33 heavy (non-hydrogen) atoms. The Balaban J connectivity index is 2.01. The highest BCUT2D eigenvalue weighted by Gasteiger charge is 2.18. The van der Waals surface area contributed by atoms with Crippen LogP contribution in [0.25, 0.3) is 0 Å². The Bertz CT molecular complexity index is 925. The molecule has 0 aliphatic heterocycles. The van der Waals surface area contributed by atoms with E-state index < -0.39 is 12.0 Å². The first-order valence-electron chi connectivity index (χ1n) is 10.9. The van der Waals surface area contributed by atoms with Crippen molar-refractivity contribution in [1.82, 2.24) is 9.80 Å². The van der Waals surface area contributed by atoms with E-state index in [2.05, 4.69) is 11.8 Å². The molecule has 0 saturated heterocycles. The minimum Gasteiger partial charge on any atom is -0.481 e. The van der Waals surface area contributed by atoms with Gasteiger partial charge >= 0.3 is 12.0 Å². The number of carbonyl (C=O) groups is 2. The van der Waals surface area contributed by atoms with Gasteiger partial charge in [-0.05, 0) is 68.1 Å². The van der Waals surface area contributed by atoms with Gasteiger partial charge < -0.3 is 15.7 Å². The molecule has 0 spiro atoms. The molecule has 2 amide bonds. The van der Waals surface area contributed by atoms with Crippen molar-refractivity contribution in [2.24, 2.45) is 5.73 Å². The van der Waals surface area contributed by atoms with Crippen LogP contribution in [0.4, 0.5) is 4.79 Å². The predicted molar refractivity (Wildman–Crippen MR) is 134 cm³/mol. The van der Waals surface area contributed by atoms with Crippen molar-refractivity contribution >= 4 is 46.8 Å². The predicted octanol–water partition coefficient (Wildman–Crippen LogP) is 6.24. The van der Waals surface area contributed by atoms with Crippen LogP contribution >= 0.6 is 34.8 Å². The zero-order chi connectivity index (χ0) is 24.4. The molecule has 1 atom stereocenters. The van der Waals surface area contributed by atoms with E-state index >= 15 is 0 Å². The van der Waals surface area contributed by atoms with Gasteiger partial charge in [0.05, 0.1) is 0 Å². The van der Waals surface area contributed by atoms with E-state index in [9.17, 15) is 9.59 Å². The van der Waals surface area contributed by atoms with E-state index in [0.717, 1.165) is 30.6 Å². The average Bonchev–Trinajstić information content (AvgIpc) is 2.75. The number of hydrogen-bond acceptors (Lipinski definition) is 3. The maximum Gasteiger partial charge on any atom is 0.315 e. The van der Waals surface area contributed by atoms with Crippen molar-refractivity contribution in [2.75, 3.05) is 19.6 Å². The molecule has 2 rings (SSSR count). The fourth-order valence-corrected chi connectivity index (χ4v) is 4.22. The number of primary amides is 1. The van der Waals surface area contributed by atoms with Crippen LogP contribution in [0.2, 0.25) is 15.1 Å². The van der Waals surface area contributed by atoms with E-state index in [0.29, 0.717) is 41.0 Å². The number of amides is 2. The molecule has 1 unspecified atom stereocenters. The third kappa shape index (κ3) is 9.41. The molecule has 0 bridgehead atoms. The van der Waals surface area contributed by atoms with Crippen LogP contribution in [-0.2, 0) is 11.3 Å². The molecule has 3 N–H and O–H groups in total. The number of aliphatic carboxylic acids is 1. The Morgan fingerprint density at radius 3 is 2.18 bits per heavy atom. The molecule has 0 aromatic heterocycles. The lowest BCUT2D eigenvalue weighted by Crippen LogP contribution is -2.38. The van der Waals surface area contributed by atoms with E-state index in [1.807, 2.05) is 24.3 Å². The van der Waals surface area contributed by atoms with E-state index in [1.54, 1.807) is 23.1 Å². The summed E-state index contributed by atoms with van der Waals surface area (Å²) >= 11 is 18.2. The normalized spacial score (nSPS) is 12.0. The zero-order valence-corrected chi connectivity index (χ0v) is 20.9. The Kier molecular flexibility index (Phi) is 11.3. The summed E-state index contributed by atoms with van der Waals surface area (Å²) in [5, 5.41) is 10.6. The number of nitrogens with zero attached hydrogens (tertiary/aromatic N) is 2. The van der Waals surface area contributed by atoms with Gasteiger partial charge in [0.25, 0.3) is 0 Å². The minimum absolute atomic E-state index is 0.111.